The van der Waals surface area contributed by atoms with Crippen molar-refractivity contribution in [2.45, 2.75) is 13.5 Å². The van der Waals surface area contributed by atoms with E-state index in [0.29, 0.717) is 5.56 Å². The normalized spacial score (nSPS) is 15.3. The first kappa shape index (κ1) is 16.5. The zero-order valence-corrected chi connectivity index (χ0v) is 14.4. The van der Waals surface area contributed by atoms with Crippen molar-refractivity contribution in [3.05, 3.63) is 65.2 Å². The molecule has 4 heteroatoms. The lowest BCUT2D eigenvalue weighted by Gasteiger charge is -2.34. The fourth-order valence-corrected chi connectivity index (χ4v) is 3.32. The summed E-state index contributed by atoms with van der Waals surface area (Å²) in [5.41, 5.74) is 4.58. The largest absolute Gasteiger partial charge is 0.465 e. The van der Waals surface area contributed by atoms with Gasteiger partial charge < -0.3 is 14.5 Å². The number of piperazine rings is 1. The standard InChI is InChI=1S/C20H24N2O2/c1-16-5-3-4-6-19(16)22-13-11-21(12-14-22)15-17-7-9-18(10-8-17)20(23)24-2/h3-10H,11-15H2,1-2H3/p+1. The molecule has 1 fully saturated rings. The van der Waals surface area contributed by atoms with E-state index in [9.17, 15) is 4.79 Å². The molecule has 1 heterocycles. The van der Waals surface area contributed by atoms with E-state index in [4.69, 9.17) is 4.74 Å². The maximum absolute atomic E-state index is 11.5. The van der Waals surface area contributed by atoms with Crippen molar-refractivity contribution in [2.24, 2.45) is 0 Å². The third-order valence-electron chi connectivity index (χ3n) is 4.76. The summed E-state index contributed by atoms with van der Waals surface area (Å²) < 4.78 is 4.74. The molecular formula is C20H25N2O2+. The number of carbonyl (C=O) groups excluding carboxylic acids is 1. The molecule has 2 aromatic carbocycles. The minimum Gasteiger partial charge on any atom is -0.465 e. The molecule has 0 amide bonds. The van der Waals surface area contributed by atoms with Gasteiger partial charge in [-0.2, -0.15) is 0 Å². The van der Waals surface area contributed by atoms with Crippen molar-refractivity contribution in [3.63, 3.8) is 0 Å². The quantitative estimate of drug-likeness (QED) is 0.869. The van der Waals surface area contributed by atoms with Crippen LogP contribution in [0.1, 0.15) is 21.5 Å². The number of carbonyl (C=O) groups is 1. The van der Waals surface area contributed by atoms with E-state index in [2.05, 4.69) is 36.1 Å². The van der Waals surface area contributed by atoms with Crippen molar-refractivity contribution in [3.8, 4) is 0 Å². The second kappa shape index (κ2) is 7.49. The fourth-order valence-electron chi connectivity index (χ4n) is 3.32. The molecule has 0 aliphatic carbocycles. The average Bonchev–Trinajstić information content (AvgIpc) is 2.63. The van der Waals surface area contributed by atoms with Gasteiger partial charge in [-0.15, -0.1) is 0 Å². The monoisotopic (exact) mass is 325 g/mol. The lowest BCUT2D eigenvalue weighted by Crippen LogP contribution is -3.13. The van der Waals surface area contributed by atoms with Crippen molar-refractivity contribution >= 4 is 11.7 Å². The zero-order chi connectivity index (χ0) is 16.9. The van der Waals surface area contributed by atoms with Gasteiger partial charge in [-0.3, -0.25) is 0 Å². The van der Waals surface area contributed by atoms with Gasteiger partial charge >= 0.3 is 5.97 Å². The Morgan fingerprint density at radius 2 is 1.75 bits per heavy atom. The Balaban J connectivity index is 1.56. The van der Waals surface area contributed by atoms with Gasteiger partial charge in [-0.1, -0.05) is 30.3 Å². The number of hydrogen-bond donors (Lipinski definition) is 1. The van der Waals surface area contributed by atoms with Crippen LogP contribution < -0.4 is 9.80 Å². The number of nitrogens with zero attached hydrogens (tertiary/aromatic N) is 1. The Kier molecular flexibility index (Phi) is 5.16. The molecule has 0 bridgehead atoms. The fraction of sp³-hybridized carbons (Fsp3) is 0.350. The lowest BCUT2D eigenvalue weighted by atomic mass is 10.1. The minimum atomic E-state index is -0.277. The highest BCUT2D eigenvalue weighted by Gasteiger charge is 2.21. The molecule has 0 atom stereocenters. The molecule has 1 aliphatic rings. The molecule has 1 N–H and O–H groups in total. The second-order valence-corrected chi connectivity index (χ2v) is 6.39. The number of para-hydroxylation sites is 1. The highest BCUT2D eigenvalue weighted by Crippen LogP contribution is 2.18. The van der Waals surface area contributed by atoms with Gasteiger partial charge in [-0.05, 0) is 30.7 Å². The van der Waals surface area contributed by atoms with Gasteiger partial charge in [-0.25, -0.2) is 4.79 Å². The molecule has 0 unspecified atom stereocenters. The van der Waals surface area contributed by atoms with Crippen LogP contribution >= 0.6 is 0 Å². The Labute approximate surface area is 143 Å². The molecule has 3 rings (SSSR count). The van der Waals surface area contributed by atoms with Gasteiger partial charge in [0.1, 0.15) is 6.54 Å². The van der Waals surface area contributed by atoms with Crippen LogP contribution in [0.2, 0.25) is 0 Å². The zero-order valence-electron chi connectivity index (χ0n) is 14.4. The number of anilines is 1. The van der Waals surface area contributed by atoms with Crippen molar-refractivity contribution < 1.29 is 14.4 Å². The summed E-state index contributed by atoms with van der Waals surface area (Å²) in [6.45, 7) is 7.61. The van der Waals surface area contributed by atoms with Crippen molar-refractivity contribution in [1.82, 2.24) is 0 Å². The average molecular weight is 325 g/mol. The highest BCUT2D eigenvalue weighted by atomic mass is 16.5. The third-order valence-corrected chi connectivity index (χ3v) is 4.76. The van der Waals surface area contributed by atoms with Gasteiger partial charge in [0.2, 0.25) is 0 Å². The Bertz CT molecular complexity index is 689. The van der Waals surface area contributed by atoms with Gasteiger partial charge in [0.05, 0.1) is 38.9 Å². The maximum atomic E-state index is 11.5. The number of benzene rings is 2. The first-order valence-corrected chi connectivity index (χ1v) is 8.49. The highest BCUT2D eigenvalue weighted by molar-refractivity contribution is 5.89. The van der Waals surface area contributed by atoms with Crippen LogP contribution in [-0.2, 0) is 11.3 Å². The van der Waals surface area contributed by atoms with Gasteiger partial charge in [0, 0.05) is 11.3 Å². The van der Waals surface area contributed by atoms with Crippen LogP contribution in [0.3, 0.4) is 0 Å². The number of quaternary nitrogens is 1. The molecule has 0 spiro atoms. The first-order valence-electron chi connectivity index (χ1n) is 8.49. The van der Waals surface area contributed by atoms with E-state index >= 15 is 0 Å². The lowest BCUT2D eigenvalue weighted by molar-refractivity contribution is -0.914. The molecule has 0 aromatic heterocycles. The number of rotatable bonds is 4. The smallest absolute Gasteiger partial charge is 0.337 e. The number of aryl methyl sites for hydroxylation is 1. The summed E-state index contributed by atoms with van der Waals surface area (Å²) in [6.07, 6.45) is 0. The number of methoxy groups -OCH3 is 1. The Hall–Kier alpha value is -2.33. The third kappa shape index (κ3) is 3.77. The molecular weight excluding hydrogens is 300 g/mol. The predicted molar refractivity (Wildman–Crippen MR) is 95.6 cm³/mol. The predicted octanol–water partition coefficient (Wildman–Crippen LogP) is 1.69. The number of nitrogens with one attached hydrogen (secondary N) is 1. The molecule has 0 radical (unpaired) electrons. The van der Waals surface area contributed by atoms with Gasteiger partial charge in [0.15, 0.2) is 0 Å². The van der Waals surface area contributed by atoms with E-state index in [1.165, 1.54) is 23.9 Å². The van der Waals surface area contributed by atoms with E-state index < -0.39 is 0 Å². The molecule has 2 aromatic rings. The second-order valence-electron chi connectivity index (χ2n) is 6.39. The van der Waals surface area contributed by atoms with Gasteiger partial charge in [0.25, 0.3) is 0 Å². The SMILES string of the molecule is COC(=O)c1ccc(C[NH+]2CCN(c3ccccc3C)CC2)cc1. The summed E-state index contributed by atoms with van der Waals surface area (Å²) >= 11 is 0. The minimum absolute atomic E-state index is 0.277. The van der Waals surface area contributed by atoms with Crippen LogP contribution in [0.25, 0.3) is 0 Å². The first-order chi connectivity index (χ1) is 11.7. The van der Waals surface area contributed by atoms with Crippen molar-refractivity contribution in [1.29, 1.82) is 0 Å². The van der Waals surface area contributed by atoms with Crippen LogP contribution in [0, 0.1) is 6.92 Å². The van der Waals surface area contributed by atoms with Crippen LogP contribution in [0.4, 0.5) is 5.69 Å². The van der Waals surface area contributed by atoms with Crippen molar-refractivity contribution in [2.75, 3.05) is 38.2 Å². The topological polar surface area (TPSA) is 34.0 Å². The summed E-state index contributed by atoms with van der Waals surface area (Å²) in [5.74, 6) is -0.277. The van der Waals surface area contributed by atoms with E-state index in [1.807, 2.05) is 24.3 Å². The molecule has 0 saturated carbocycles. The summed E-state index contributed by atoms with van der Waals surface area (Å²) in [7, 11) is 1.41. The molecule has 1 saturated heterocycles. The molecule has 126 valence electrons. The van der Waals surface area contributed by atoms with Crippen LogP contribution in [-0.4, -0.2) is 39.3 Å². The number of esters is 1. The van der Waals surface area contributed by atoms with E-state index in [-0.39, 0.29) is 5.97 Å². The summed E-state index contributed by atoms with van der Waals surface area (Å²) in [5, 5.41) is 0. The molecule has 1 aliphatic heterocycles. The number of ether oxygens (including phenoxy) is 1. The Morgan fingerprint density at radius 3 is 2.38 bits per heavy atom. The number of hydrogen-bond acceptors (Lipinski definition) is 3. The van der Waals surface area contributed by atoms with Crippen LogP contribution in [0.5, 0.6) is 0 Å². The maximum Gasteiger partial charge on any atom is 0.337 e. The molecule has 24 heavy (non-hydrogen) atoms. The van der Waals surface area contributed by atoms with E-state index in [0.717, 1.165) is 32.7 Å². The summed E-state index contributed by atoms with van der Waals surface area (Å²) in [6, 6.07) is 16.4. The van der Waals surface area contributed by atoms with Crippen LogP contribution in [0.15, 0.2) is 48.5 Å². The van der Waals surface area contributed by atoms with E-state index in [1.54, 1.807) is 4.90 Å². The summed E-state index contributed by atoms with van der Waals surface area (Å²) in [4.78, 5) is 15.6. The Morgan fingerprint density at radius 1 is 1.08 bits per heavy atom. The molecule has 4 nitrogen and oxygen atoms in total.